The number of anilines is 1. The van der Waals surface area contributed by atoms with Crippen LogP contribution in [-0.4, -0.2) is 32.2 Å². The summed E-state index contributed by atoms with van der Waals surface area (Å²) in [6.07, 6.45) is 3.62. The van der Waals surface area contributed by atoms with E-state index in [4.69, 9.17) is 11.2 Å². The quantitative estimate of drug-likeness (QED) is 0.660. The van der Waals surface area contributed by atoms with Crippen LogP contribution >= 0.6 is 0 Å². The Labute approximate surface area is 168 Å². The monoisotopic (exact) mass is 415 g/mol. The molecular formula is C20H16F3N5O2. The highest BCUT2D eigenvalue weighted by Crippen LogP contribution is 2.42. The van der Waals surface area contributed by atoms with Gasteiger partial charge in [0.05, 0.1) is 24.0 Å². The average molecular weight is 415 g/mol. The van der Waals surface area contributed by atoms with E-state index in [1.54, 1.807) is 19.1 Å². The van der Waals surface area contributed by atoms with Gasteiger partial charge < -0.3 is 10.1 Å². The van der Waals surface area contributed by atoms with Crippen molar-refractivity contribution in [1.29, 1.82) is 0 Å². The molecule has 0 aromatic carbocycles. The van der Waals surface area contributed by atoms with Gasteiger partial charge in [-0.15, -0.1) is 6.42 Å². The SMILES string of the molecule is C#CC1(Nc2nc(=O)n(-c3cccnc3C)c3nc(C(F)(F)F)cc(OC)c23)CC1. The Kier molecular flexibility index (Phi) is 4.42. The maximum atomic E-state index is 13.5. The van der Waals surface area contributed by atoms with E-state index in [0.717, 1.165) is 10.6 Å². The van der Waals surface area contributed by atoms with E-state index in [0.29, 0.717) is 18.5 Å². The molecule has 3 heterocycles. The van der Waals surface area contributed by atoms with Gasteiger partial charge in [0.2, 0.25) is 0 Å². The zero-order valence-corrected chi connectivity index (χ0v) is 16.0. The predicted molar refractivity (Wildman–Crippen MR) is 104 cm³/mol. The fraction of sp³-hybridized carbons (Fsp3) is 0.300. The van der Waals surface area contributed by atoms with Crippen molar-refractivity contribution in [2.45, 2.75) is 31.5 Å². The second-order valence-electron chi connectivity index (χ2n) is 6.94. The third-order valence-corrected chi connectivity index (χ3v) is 4.93. The van der Waals surface area contributed by atoms with Gasteiger partial charge in [-0.25, -0.2) is 14.3 Å². The Morgan fingerprint density at radius 3 is 2.63 bits per heavy atom. The molecule has 30 heavy (non-hydrogen) atoms. The first-order chi connectivity index (χ1) is 14.2. The molecule has 0 unspecified atom stereocenters. The van der Waals surface area contributed by atoms with E-state index in [9.17, 15) is 18.0 Å². The summed E-state index contributed by atoms with van der Waals surface area (Å²) in [5, 5.41) is 3.13. The molecule has 154 valence electrons. The highest BCUT2D eigenvalue weighted by molar-refractivity contribution is 5.94. The second kappa shape index (κ2) is 6.73. The van der Waals surface area contributed by atoms with Crippen LogP contribution < -0.4 is 15.7 Å². The minimum Gasteiger partial charge on any atom is -0.496 e. The molecule has 3 aromatic heterocycles. The van der Waals surface area contributed by atoms with Crippen LogP contribution in [0.4, 0.5) is 19.0 Å². The number of nitrogens with one attached hydrogen (secondary N) is 1. The van der Waals surface area contributed by atoms with Crippen LogP contribution in [0.25, 0.3) is 16.7 Å². The van der Waals surface area contributed by atoms with Gasteiger partial charge in [-0.2, -0.15) is 18.2 Å². The average Bonchev–Trinajstić information content (AvgIpc) is 3.47. The van der Waals surface area contributed by atoms with E-state index in [2.05, 4.69) is 26.2 Å². The van der Waals surface area contributed by atoms with Crippen LogP contribution in [0.5, 0.6) is 5.75 Å². The maximum absolute atomic E-state index is 13.5. The van der Waals surface area contributed by atoms with Gasteiger partial charge in [0, 0.05) is 12.3 Å². The third kappa shape index (κ3) is 3.22. The summed E-state index contributed by atoms with van der Waals surface area (Å²) in [6.45, 7) is 1.63. The number of ether oxygens (including phenoxy) is 1. The number of hydrogen-bond donors (Lipinski definition) is 1. The lowest BCUT2D eigenvalue weighted by Crippen LogP contribution is -2.28. The number of halogens is 3. The van der Waals surface area contributed by atoms with E-state index in [1.165, 1.54) is 13.3 Å². The van der Waals surface area contributed by atoms with Gasteiger partial charge in [0.15, 0.2) is 11.3 Å². The van der Waals surface area contributed by atoms with Crippen molar-refractivity contribution in [3.8, 4) is 23.8 Å². The van der Waals surface area contributed by atoms with Crippen molar-refractivity contribution in [1.82, 2.24) is 19.5 Å². The zero-order chi connectivity index (χ0) is 21.7. The number of terminal acetylenes is 1. The van der Waals surface area contributed by atoms with Gasteiger partial charge in [0.25, 0.3) is 0 Å². The largest absolute Gasteiger partial charge is 0.496 e. The Morgan fingerprint density at radius 2 is 2.07 bits per heavy atom. The van der Waals surface area contributed by atoms with Crippen molar-refractivity contribution < 1.29 is 17.9 Å². The first kappa shape index (κ1) is 19.7. The number of aryl methyl sites for hydroxylation is 1. The lowest BCUT2D eigenvalue weighted by atomic mass is 10.2. The minimum atomic E-state index is -4.75. The summed E-state index contributed by atoms with van der Waals surface area (Å²) in [5.41, 5.74) is -2.29. The molecule has 10 heteroatoms. The molecule has 0 spiro atoms. The number of nitrogens with zero attached hydrogens (tertiary/aromatic N) is 4. The van der Waals surface area contributed by atoms with Crippen LogP contribution in [0.1, 0.15) is 24.2 Å². The van der Waals surface area contributed by atoms with Crippen molar-refractivity contribution in [3.63, 3.8) is 0 Å². The number of rotatable bonds is 4. The number of hydrogen-bond acceptors (Lipinski definition) is 6. The van der Waals surface area contributed by atoms with Gasteiger partial charge in [-0.1, -0.05) is 5.92 Å². The number of alkyl halides is 3. The lowest BCUT2D eigenvalue weighted by molar-refractivity contribution is -0.141. The summed E-state index contributed by atoms with van der Waals surface area (Å²) in [6, 6.07) is 3.89. The van der Waals surface area contributed by atoms with E-state index in [1.807, 2.05) is 0 Å². The number of aromatic nitrogens is 4. The van der Waals surface area contributed by atoms with Gasteiger partial charge in [0.1, 0.15) is 17.0 Å². The summed E-state index contributed by atoms with van der Waals surface area (Å²) < 4.78 is 46.7. The highest BCUT2D eigenvalue weighted by Gasteiger charge is 2.42. The molecule has 0 bridgehead atoms. The standard InChI is InChI=1S/C20H16F3N5O2/c1-4-19(7-8-19)27-16-15-13(30-3)10-14(20(21,22)23)25-17(15)28(18(29)26-16)12-6-5-9-24-11(12)2/h1,5-6,9-10H,7-8H2,2-3H3,(H,26,27,29). The summed E-state index contributed by atoms with van der Waals surface area (Å²) in [4.78, 5) is 24.9. The molecular weight excluding hydrogens is 399 g/mol. The van der Waals surface area contributed by atoms with E-state index in [-0.39, 0.29) is 28.3 Å². The van der Waals surface area contributed by atoms with Crippen LogP contribution in [0.2, 0.25) is 0 Å². The lowest BCUT2D eigenvalue weighted by Gasteiger charge is -2.19. The fourth-order valence-corrected chi connectivity index (χ4v) is 3.17. The molecule has 1 aliphatic rings. The molecule has 1 N–H and O–H groups in total. The maximum Gasteiger partial charge on any atom is 0.433 e. The molecule has 3 aromatic rings. The normalized spacial score (nSPS) is 14.9. The minimum absolute atomic E-state index is 0.0290. The molecule has 0 saturated heterocycles. The molecule has 1 aliphatic carbocycles. The fourth-order valence-electron chi connectivity index (χ4n) is 3.17. The summed E-state index contributed by atoms with van der Waals surface area (Å²) >= 11 is 0. The molecule has 4 rings (SSSR count). The van der Waals surface area contributed by atoms with Gasteiger partial charge >= 0.3 is 11.9 Å². The molecule has 0 atom stereocenters. The number of pyridine rings is 2. The molecule has 0 aliphatic heterocycles. The van der Waals surface area contributed by atoms with Gasteiger partial charge in [-0.3, -0.25) is 4.98 Å². The third-order valence-electron chi connectivity index (χ3n) is 4.93. The summed E-state index contributed by atoms with van der Waals surface area (Å²) in [5.74, 6) is 2.50. The second-order valence-corrected chi connectivity index (χ2v) is 6.94. The zero-order valence-electron chi connectivity index (χ0n) is 16.0. The molecule has 0 radical (unpaired) electrons. The molecule has 1 saturated carbocycles. The molecule has 1 fully saturated rings. The van der Waals surface area contributed by atoms with E-state index >= 15 is 0 Å². The smallest absolute Gasteiger partial charge is 0.433 e. The number of methoxy groups -OCH3 is 1. The van der Waals surface area contributed by atoms with E-state index < -0.39 is 23.1 Å². The summed E-state index contributed by atoms with van der Waals surface area (Å²) in [7, 11) is 1.23. The Morgan fingerprint density at radius 1 is 1.33 bits per heavy atom. The highest BCUT2D eigenvalue weighted by atomic mass is 19.4. The van der Waals surface area contributed by atoms with Crippen LogP contribution in [0, 0.1) is 19.3 Å². The van der Waals surface area contributed by atoms with Crippen LogP contribution in [0.3, 0.4) is 0 Å². The van der Waals surface area contributed by atoms with Crippen molar-refractivity contribution >= 4 is 16.9 Å². The van der Waals surface area contributed by atoms with Crippen molar-refractivity contribution in [2.24, 2.45) is 0 Å². The van der Waals surface area contributed by atoms with Crippen LogP contribution in [-0.2, 0) is 6.18 Å². The molecule has 7 nitrogen and oxygen atoms in total. The Bertz CT molecular complexity index is 1260. The first-order valence-corrected chi connectivity index (χ1v) is 8.96. The first-order valence-electron chi connectivity index (χ1n) is 8.96. The van der Waals surface area contributed by atoms with Gasteiger partial charge in [-0.05, 0) is 31.9 Å². The Balaban J connectivity index is 2.12. The number of fused-ring (bicyclic) bond motifs is 1. The van der Waals surface area contributed by atoms with Crippen LogP contribution in [0.15, 0.2) is 29.2 Å². The van der Waals surface area contributed by atoms with Crippen molar-refractivity contribution in [2.75, 3.05) is 12.4 Å². The van der Waals surface area contributed by atoms with Crippen molar-refractivity contribution in [3.05, 3.63) is 46.3 Å². The predicted octanol–water partition coefficient (Wildman–Crippen LogP) is 3.09. The Hall–Kier alpha value is -3.61. The molecule has 0 amide bonds. The topological polar surface area (TPSA) is 81.9 Å².